The molecule has 1 saturated heterocycles. The van der Waals surface area contributed by atoms with Crippen molar-refractivity contribution in [1.29, 1.82) is 0 Å². The molecule has 0 aromatic heterocycles. The van der Waals surface area contributed by atoms with Crippen LogP contribution in [0.1, 0.15) is 39.4 Å². The number of rotatable bonds is 6. The van der Waals surface area contributed by atoms with Gasteiger partial charge in [-0.15, -0.1) is 0 Å². The van der Waals surface area contributed by atoms with E-state index in [1.807, 2.05) is 83.5 Å². The molecule has 1 N–H and O–H groups in total. The van der Waals surface area contributed by atoms with Gasteiger partial charge >= 0.3 is 0 Å². The van der Waals surface area contributed by atoms with Crippen molar-refractivity contribution in [2.24, 2.45) is 0 Å². The molecule has 1 atom stereocenters. The SMILES string of the molecule is CCN1C(=O)c2ccccc2C1Nc1ccc(C(=O)N2CCN(c3ccccc3OC)CC2)cc1. The van der Waals surface area contributed by atoms with E-state index in [1.165, 1.54) is 0 Å². The minimum atomic E-state index is -0.215. The summed E-state index contributed by atoms with van der Waals surface area (Å²) in [5.41, 5.74) is 4.32. The minimum absolute atomic E-state index is 0.0350. The number of fused-ring (bicyclic) bond motifs is 1. The third-order valence-corrected chi connectivity index (χ3v) is 6.83. The molecule has 180 valence electrons. The maximum atomic E-state index is 13.1. The van der Waals surface area contributed by atoms with Gasteiger partial charge in [0.05, 0.1) is 12.8 Å². The number of para-hydroxylation sites is 2. The molecule has 2 aliphatic heterocycles. The average Bonchev–Trinajstić information content (AvgIpc) is 3.19. The van der Waals surface area contributed by atoms with E-state index in [1.54, 1.807) is 7.11 Å². The van der Waals surface area contributed by atoms with Crippen LogP contribution in [0.25, 0.3) is 0 Å². The van der Waals surface area contributed by atoms with Crippen LogP contribution in [0.2, 0.25) is 0 Å². The Bertz CT molecular complexity index is 1220. The molecule has 7 heteroatoms. The first-order valence-corrected chi connectivity index (χ1v) is 12.0. The fourth-order valence-corrected chi connectivity index (χ4v) is 4.94. The number of carbonyl (C=O) groups excluding carboxylic acids is 2. The zero-order chi connectivity index (χ0) is 24.4. The Morgan fingerprint density at radius 2 is 1.63 bits per heavy atom. The van der Waals surface area contributed by atoms with Crippen molar-refractivity contribution in [3.63, 3.8) is 0 Å². The van der Waals surface area contributed by atoms with Crippen molar-refractivity contribution in [3.05, 3.63) is 89.5 Å². The molecular formula is C28H30N4O3. The lowest BCUT2D eigenvalue weighted by Gasteiger charge is -2.36. The van der Waals surface area contributed by atoms with E-state index in [2.05, 4.69) is 16.3 Å². The normalized spacial score (nSPS) is 17.4. The van der Waals surface area contributed by atoms with Crippen molar-refractivity contribution in [2.45, 2.75) is 13.1 Å². The summed E-state index contributed by atoms with van der Waals surface area (Å²) >= 11 is 0. The zero-order valence-electron chi connectivity index (χ0n) is 20.1. The van der Waals surface area contributed by atoms with Gasteiger partial charge in [-0.1, -0.05) is 30.3 Å². The van der Waals surface area contributed by atoms with Crippen molar-refractivity contribution >= 4 is 23.2 Å². The van der Waals surface area contributed by atoms with Crippen LogP contribution in [-0.2, 0) is 0 Å². The van der Waals surface area contributed by atoms with E-state index >= 15 is 0 Å². The Morgan fingerprint density at radius 3 is 2.34 bits per heavy atom. The maximum Gasteiger partial charge on any atom is 0.256 e. The molecule has 0 saturated carbocycles. The van der Waals surface area contributed by atoms with Gasteiger partial charge in [-0.2, -0.15) is 0 Å². The largest absolute Gasteiger partial charge is 0.495 e. The summed E-state index contributed by atoms with van der Waals surface area (Å²) in [6, 6.07) is 23.2. The summed E-state index contributed by atoms with van der Waals surface area (Å²) in [4.78, 5) is 31.8. The third-order valence-electron chi connectivity index (χ3n) is 6.83. The molecule has 0 bridgehead atoms. The molecule has 0 radical (unpaired) electrons. The molecule has 3 aromatic rings. The Labute approximate surface area is 205 Å². The minimum Gasteiger partial charge on any atom is -0.495 e. The van der Waals surface area contributed by atoms with Gasteiger partial charge in [-0.05, 0) is 49.4 Å². The fraction of sp³-hybridized carbons (Fsp3) is 0.286. The van der Waals surface area contributed by atoms with Gasteiger partial charge in [0.25, 0.3) is 11.8 Å². The van der Waals surface area contributed by atoms with Crippen molar-refractivity contribution in [2.75, 3.05) is 50.1 Å². The molecular weight excluding hydrogens is 440 g/mol. The quantitative estimate of drug-likeness (QED) is 0.584. The van der Waals surface area contributed by atoms with Gasteiger partial charge in [-0.25, -0.2) is 0 Å². The summed E-state index contributed by atoms with van der Waals surface area (Å²) in [6.45, 7) is 5.42. The van der Waals surface area contributed by atoms with Crippen LogP contribution < -0.4 is 15.0 Å². The highest BCUT2D eigenvalue weighted by atomic mass is 16.5. The van der Waals surface area contributed by atoms with Crippen LogP contribution in [0.5, 0.6) is 5.75 Å². The van der Waals surface area contributed by atoms with Crippen LogP contribution in [0.3, 0.4) is 0 Å². The maximum absolute atomic E-state index is 13.1. The lowest BCUT2D eigenvalue weighted by Crippen LogP contribution is -2.48. The van der Waals surface area contributed by atoms with E-state index in [0.29, 0.717) is 25.2 Å². The first-order valence-electron chi connectivity index (χ1n) is 12.0. The first-order chi connectivity index (χ1) is 17.1. The topological polar surface area (TPSA) is 65.1 Å². The second-order valence-corrected chi connectivity index (χ2v) is 8.75. The molecule has 2 heterocycles. The number of nitrogens with zero attached hydrogens (tertiary/aromatic N) is 3. The number of anilines is 2. The Morgan fingerprint density at radius 1 is 0.943 bits per heavy atom. The monoisotopic (exact) mass is 470 g/mol. The molecule has 1 fully saturated rings. The lowest BCUT2D eigenvalue weighted by molar-refractivity contribution is 0.0742. The van der Waals surface area contributed by atoms with E-state index in [4.69, 9.17) is 4.74 Å². The number of nitrogens with one attached hydrogen (secondary N) is 1. The summed E-state index contributed by atoms with van der Waals surface area (Å²) in [5, 5.41) is 3.47. The predicted molar refractivity (Wildman–Crippen MR) is 137 cm³/mol. The number of hydrogen-bond acceptors (Lipinski definition) is 5. The zero-order valence-corrected chi connectivity index (χ0v) is 20.1. The Kier molecular flexibility index (Phi) is 6.31. The van der Waals surface area contributed by atoms with Gasteiger partial charge in [0.15, 0.2) is 0 Å². The number of hydrogen-bond donors (Lipinski definition) is 1. The average molecular weight is 471 g/mol. The molecule has 2 aliphatic rings. The van der Waals surface area contributed by atoms with Gasteiger partial charge in [-0.3, -0.25) is 9.59 Å². The third kappa shape index (κ3) is 4.30. The smallest absolute Gasteiger partial charge is 0.256 e. The number of carbonyl (C=O) groups is 2. The number of benzene rings is 3. The summed E-state index contributed by atoms with van der Waals surface area (Å²) in [7, 11) is 1.68. The van der Waals surface area contributed by atoms with E-state index < -0.39 is 0 Å². The lowest BCUT2D eigenvalue weighted by atomic mass is 10.1. The molecule has 1 unspecified atom stereocenters. The molecule has 5 rings (SSSR count). The molecule has 3 aromatic carbocycles. The summed E-state index contributed by atoms with van der Waals surface area (Å²) in [5.74, 6) is 0.927. The highest BCUT2D eigenvalue weighted by molar-refractivity contribution is 5.99. The second-order valence-electron chi connectivity index (χ2n) is 8.75. The number of ether oxygens (including phenoxy) is 1. The first kappa shape index (κ1) is 22.8. The van der Waals surface area contributed by atoms with Gasteiger partial charge in [0.1, 0.15) is 11.9 Å². The Hall–Kier alpha value is -4.00. The van der Waals surface area contributed by atoms with E-state index in [-0.39, 0.29) is 18.0 Å². The van der Waals surface area contributed by atoms with Gasteiger partial charge < -0.3 is 24.8 Å². The second kappa shape index (κ2) is 9.70. The highest BCUT2D eigenvalue weighted by Gasteiger charge is 2.35. The van der Waals surface area contributed by atoms with Crippen LogP contribution in [-0.4, -0.2) is 61.4 Å². The van der Waals surface area contributed by atoms with Crippen LogP contribution >= 0.6 is 0 Å². The standard InChI is InChI=1S/C28H30N4O3/c1-3-32-26(22-8-4-5-9-23(22)28(32)34)29-21-14-12-20(13-15-21)27(33)31-18-16-30(17-19-31)24-10-6-7-11-25(24)35-2/h4-15,26,29H,3,16-19H2,1-2H3. The molecule has 7 nitrogen and oxygen atoms in total. The van der Waals surface area contributed by atoms with Crippen molar-refractivity contribution < 1.29 is 14.3 Å². The predicted octanol–water partition coefficient (Wildman–Crippen LogP) is 4.24. The van der Waals surface area contributed by atoms with Crippen LogP contribution in [0.4, 0.5) is 11.4 Å². The summed E-state index contributed by atoms with van der Waals surface area (Å²) < 4.78 is 5.49. The fourth-order valence-electron chi connectivity index (χ4n) is 4.94. The highest BCUT2D eigenvalue weighted by Crippen LogP contribution is 2.34. The molecule has 0 aliphatic carbocycles. The number of piperazine rings is 1. The number of methoxy groups -OCH3 is 1. The molecule has 0 spiro atoms. The number of amides is 2. The van der Waals surface area contributed by atoms with Crippen molar-refractivity contribution in [3.8, 4) is 5.75 Å². The molecule has 2 amide bonds. The van der Waals surface area contributed by atoms with Crippen LogP contribution in [0, 0.1) is 0 Å². The van der Waals surface area contributed by atoms with Gasteiger partial charge in [0, 0.05) is 55.1 Å². The summed E-state index contributed by atoms with van der Waals surface area (Å²) in [6.07, 6.45) is -0.215. The van der Waals surface area contributed by atoms with Gasteiger partial charge in [0.2, 0.25) is 0 Å². The van der Waals surface area contributed by atoms with Crippen molar-refractivity contribution in [1.82, 2.24) is 9.80 Å². The van der Waals surface area contributed by atoms with Crippen LogP contribution in [0.15, 0.2) is 72.8 Å². The Balaban J connectivity index is 1.23. The molecule has 35 heavy (non-hydrogen) atoms. The van der Waals surface area contributed by atoms with E-state index in [9.17, 15) is 9.59 Å². The van der Waals surface area contributed by atoms with E-state index in [0.717, 1.165) is 41.3 Å².